The third-order valence-corrected chi connectivity index (χ3v) is 12.4. The first-order chi connectivity index (χ1) is 32.4. The van der Waals surface area contributed by atoms with E-state index < -0.39 is 12.1 Å². The number of rotatable bonds is 8. The molecule has 2 aromatic heterocycles. The minimum atomic E-state index is -0.844. The maximum Gasteiger partial charge on any atom is 0.318 e. The fourth-order valence-corrected chi connectivity index (χ4v) is 8.84. The molecule has 0 unspecified atom stereocenters. The van der Waals surface area contributed by atoms with Gasteiger partial charge in [-0.25, -0.2) is 19.6 Å². The Labute approximate surface area is 383 Å². The van der Waals surface area contributed by atoms with Gasteiger partial charge in [0.1, 0.15) is 35.1 Å². The van der Waals surface area contributed by atoms with E-state index in [0.717, 1.165) is 47.9 Å². The van der Waals surface area contributed by atoms with Crippen LogP contribution in [0.2, 0.25) is 0 Å². The number of morpholine rings is 2. The van der Waals surface area contributed by atoms with Crippen LogP contribution in [0, 0.1) is 23.7 Å². The Morgan fingerprint density at radius 1 is 0.545 bits per heavy atom. The SMILES string of the molecule is O=C(N[C@@H](C(=O)N1CCC[C@H]1c1ncc(C#Cc2ccc(C#Cc3cnc([C@@H]4CCCN4C(=O)[C@H](NC(=O)N4CCOCC4)c4ccccc4)[nH]3)cc2)[nH]1)c1ccccc1)N1CCOCC1. The predicted octanol–water partition coefficient (Wildman–Crippen LogP) is 4.83. The van der Waals surface area contributed by atoms with E-state index in [0.29, 0.717) is 88.7 Å². The van der Waals surface area contributed by atoms with Gasteiger partial charge >= 0.3 is 12.1 Å². The summed E-state index contributed by atoms with van der Waals surface area (Å²) in [5, 5.41) is 6.00. The summed E-state index contributed by atoms with van der Waals surface area (Å²) in [5.41, 5.74) is 4.27. The van der Waals surface area contributed by atoms with Gasteiger partial charge in [0.25, 0.3) is 0 Å². The van der Waals surface area contributed by atoms with E-state index in [2.05, 4.69) is 54.3 Å². The zero-order chi connectivity index (χ0) is 45.2. The van der Waals surface area contributed by atoms with Crippen molar-refractivity contribution in [3.63, 3.8) is 0 Å². The van der Waals surface area contributed by atoms with Crippen LogP contribution in [0.25, 0.3) is 0 Å². The normalized spacial score (nSPS) is 19.2. The molecule has 9 rings (SSSR count). The predicted molar refractivity (Wildman–Crippen MR) is 243 cm³/mol. The van der Waals surface area contributed by atoms with Crippen molar-refractivity contribution in [1.29, 1.82) is 0 Å². The molecule has 6 heterocycles. The van der Waals surface area contributed by atoms with Crippen molar-refractivity contribution in [3.05, 3.63) is 143 Å². The minimum Gasteiger partial charge on any atom is -0.378 e. The molecule has 0 spiro atoms. The van der Waals surface area contributed by atoms with Gasteiger partial charge in [0.15, 0.2) is 0 Å². The molecule has 338 valence electrons. The molecule has 16 heteroatoms. The van der Waals surface area contributed by atoms with Crippen LogP contribution in [0.5, 0.6) is 0 Å². The molecular formula is C50H52N10O6. The van der Waals surface area contributed by atoms with E-state index in [9.17, 15) is 19.2 Å². The van der Waals surface area contributed by atoms with E-state index in [1.165, 1.54) is 0 Å². The molecule has 0 radical (unpaired) electrons. The number of aromatic nitrogens is 4. The second-order valence-electron chi connectivity index (χ2n) is 16.6. The maximum absolute atomic E-state index is 14.2. The van der Waals surface area contributed by atoms with Crippen LogP contribution in [0.1, 0.15) is 95.1 Å². The third-order valence-electron chi connectivity index (χ3n) is 12.4. The van der Waals surface area contributed by atoms with Crippen LogP contribution in [0.4, 0.5) is 9.59 Å². The van der Waals surface area contributed by atoms with Gasteiger partial charge in [-0.3, -0.25) is 9.59 Å². The molecular weight excluding hydrogens is 837 g/mol. The number of aromatic amines is 2. The Morgan fingerprint density at radius 3 is 1.33 bits per heavy atom. The number of carbonyl (C=O) groups is 4. The summed E-state index contributed by atoms with van der Waals surface area (Å²) in [7, 11) is 0. The van der Waals surface area contributed by atoms with E-state index in [-0.39, 0.29) is 36.0 Å². The summed E-state index contributed by atoms with van der Waals surface area (Å²) in [5.74, 6) is 13.7. The summed E-state index contributed by atoms with van der Waals surface area (Å²) in [6.07, 6.45) is 6.45. The lowest BCUT2D eigenvalue weighted by molar-refractivity contribution is -0.135. The fourth-order valence-electron chi connectivity index (χ4n) is 8.84. The molecule has 5 aromatic rings. The minimum absolute atomic E-state index is 0.182. The largest absolute Gasteiger partial charge is 0.378 e. The Kier molecular flexibility index (Phi) is 13.7. The molecule has 6 amide bonds. The number of nitrogens with zero attached hydrogens (tertiary/aromatic N) is 6. The molecule has 66 heavy (non-hydrogen) atoms. The number of H-pyrrole nitrogens is 2. The second kappa shape index (κ2) is 20.6. The number of benzene rings is 3. The van der Waals surface area contributed by atoms with Crippen molar-refractivity contribution in [2.24, 2.45) is 0 Å². The number of hydrogen-bond acceptors (Lipinski definition) is 8. The molecule has 0 bridgehead atoms. The summed E-state index contributed by atoms with van der Waals surface area (Å²) in [6, 6.07) is 23.5. The van der Waals surface area contributed by atoms with E-state index in [4.69, 9.17) is 9.47 Å². The topological polar surface area (TPSA) is 181 Å². The molecule has 4 fully saturated rings. The molecule has 16 nitrogen and oxygen atoms in total. The number of hydrogen-bond donors (Lipinski definition) is 4. The molecule has 0 aliphatic carbocycles. The van der Waals surface area contributed by atoms with Gasteiger partial charge in [0, 0.05) is 50.4 Å². The zero-order valence-corrected chi connectivity index (χ0v) is 36.6. The van der Waals surface area contributed by atoms with E-state index >= 15 is 0 Å². The highest BCUT2D eigenvalue weighted by atomic mass is 16.5. The highest BCUT2D eigenvalue weighted by molar-refractivity contribution is 5.89. The highest BCUT2D eigenvalue weighted by Gasteiger charge is 2.39. The van der Waals surface area contributed by atoms with Crippen LogP contribution in [0.3, 0.4) is 0 Å². The first kappa shape index (κ1) is 43.8. The van der Waals surface area contributed by atoms with Gasteiger partial charge in [-0.2, -0.15) is 0 Å². The maximum atomic E-state index is 14.2. The zero-order valence-electron chi connectivity index (χ0n) is 36.6. The van der Waals surface area contributed by atoms with Crippen molar-refractivity contribution < 1.29 is 28.7 Å². The Bertz CT molecular complexity index is 2440. The number of amides is 6. The standard InChI is InChI=1S/C50H52N10O6/c61-47(43(37-9-3-1-4-10-37)55-49(63)57-25-29-65-30-26-57)59-23-7-13-41(59)45-51-33-39(53-45)21-19-35-15-17-36(18-16-35)20-22-40-34-52-46(54-40)42-14-8-24-60(42)48(62)44(38-11-5-2-6-12-38)56-50(64)58-27-31-66-32-28-58/h1-6,9-12,15-18,33-34,41-44H,7-8,13-14,23-32H2,(H,51,53)(H,52,54)(H,55,63)(H,56,64)/t41-,42-,43+,44+/m0/s1. The van der Waals surface area contributed by atoms with E-state index in [1.54, 1.807) is 32.0 Å². The lowest BCUT2D eigenvalue weighted by atomic mass is 10.0. The van der Waals surface area contributed by atoms with Gasteiger partial charge in [-0.15, -0.1) is 0 Å². The van der Waals surface area contributed by atoms with Gasteiger partial charge in [0.05, 0.1) is 50.9 Å². The van der Waals surface area contributed by atoms with Crippen molar-refractivity contribution in [2.45, 2.75) is 49.9 Å². The summed E-state index contributed by atoms with van der Waals surface area (Å²) in [6.45, 7) is 4.86. The number of nitrogens with one attached hydrogen (secondary N) is 4. The molecule has 4 N–H and O–H groups in total. The summed E-state index contributed by atoms with van der Waals surface area (Å²) >= 11 is 0. The number of carbonyl (C=O) groups excluding carboxylic acids is 4. The second-order valence-corrected chi connectivity index (χ2v) is 16.6. The summed E-state index contributed by atoms with van der Waals surface area (Å²) in [4.78, 5) is 77.8. The Morgan fingerprint density at radius 2 is 0.939 bits per heavy atom. The van der Waals surface area contributed by atoms with Gasteiger partial charge in [-0.05, 0) is 72.9 Å². The van der Waals surface area contributed by atoms with Gasteiger partial charge in [0.2, 0.25) is 11.8 Å². The monoisotopic (exact) mass is 888 g/mol. The fraction of sp³-hybridized carbons (Fsp3) is 0.360. The first-order valence-electron chi connectivity index (χ1n) is 22.6. The smallest absolute Gasteiger partial charge is 0.318 e. The van der Waals surface area contributed by atoms with Crippen molar-refractivity contribution in [3.8, 4) is 23.7 Å². The molecule has 4 aliphatic heterocycles. The quantitative estimate of drug-likeness (QED) is 0.160. The van der Waals surface area contributed by atoms with Crippen LogP contribution in [-0.2, 0) is 19.1 Å². The number of imidazole rings is 2. The average Bonchev–Trinajstić information content (AvgIpc) is 4.23. The molecule has 3 aromatic carbocycles. The first-order valence-corrected chi connectivity index (χ1v) is 22.6. The molecule has 4 aliphatic rings. The van der Waals surface area contributed by atoms with Gasteiger partial charge < -0.3 is 49.7 Å². The van der Waals surface area contributed by atoms with E-state index in [1.807, 2.05) is 84.9 Å². The number of likely N-dealkylation sites (tertiary alicyclic amines) is 2. The summed E-state index contributed by atoms with van der Waals surface area (Å²) < 4.78 is 10.8. The van der Waals surface area contributed by atoms with Crippen molar-refractivity contribution in [2.75, 3.05) is 65.7 Å². The highest BCUT2D eigenvalue weighted by Crippen LogP contribution is 2.34. The molecule has 4 atom stereocenters. The van der Waals surface area contributed by atoms with Crippen molar-refractivity contribution in [1.82, 2.24) is 50.2 Å². The van der Waals surface area contributed by atoms with Crippen LogP contribution >= 0.6 is 0 Å². The Balaban J connectivity index is 0.824. The Hall–Kier alpha value is -7.40. The van der Waals surface area contributed by atoms with Crippen LogP contribution in [-0.4, -0.2) is 129 Å². The molecule has 4 saturated heterocycles. The van der Waals surface area contributed by atoms with Gasteiger partial charge in [-0.1, -0.05) is 72.5 Å². The van der Waals surface area contributed by atoms with Crippen LogP contribution < -0.4 is 10.6 Å². The lowest BCUT2D eigenvalue weighted by Crippen LogP contribution is -2.50. The average molecular weight is 889 g/mol. The van der Waals surface area contributed by atoms with Crippen LogP contribution in [0.15, 0.2) is 97.3 Å². The van der Waals surface area contributed by atoms with Crippen molar-refractivity contribution >= 4 is 23.9 Å². The lowest BCUT2D eigenvalue weighted by Gasteiger charge is -2.32. The third kappa shape index (κ3) is 10.3. The number of urea groups is 2. The number of ether oxygens (including phenoxy) is 2. The molecule has 0 saturated carbocycles.